The maximum absolute atomic E-state index is 13.0. The number of carbonyl (C=O) groups excluding carboxylic acids is 1. The van der Waals surface area contributed by atoms with Gasteiger partial charge in [0.1, 0.15) is 4.90 Å². The summed E-state index contributed by atoms with van der Waals surface area (Å²) in [7, 11) is -3.75. The molecule has 1 aliphatic heterocycles. The Morgan fingerprint density at radius 2 is 1.80 bits per heavy atom. The monoisotopic (exact) mass is 364 g/mol. The number of hydrogen-bond acceptors (Lipinski definition) is 6. The molecular weight excluding hydrogens is 344 g/mol. The van der Waals surface area contributed by atoms with E-state index in [0.29, 0.717) is 18.7 Å². The second-order valence-corrected chi connectivity index (χ2v) is 8.05. The number of hydrogen-bond donors (Lipinski definition) is 0. The van der Waals surface area contributed by atoms with E-state index in [-0.39, 0.29) is 35.6 Å². The topological polar surface area (TPSA) is 96.6 Å². The van der Waals surface area contributed by atoms with Gasteiger partial charge in [0.15, 0.2) is 5.76 Å². The zero-order chi connectivity index (χ0) is 18.0. The SMILES string of the molecule is CC(C)C(=O)N1CCN(S(=O)(=O)c2cnoc2-c2ccncc2)CC1. The van der Waals surface area contributed by atoms with E-state index in [2.05, 4.69) is 10.1 Å². The average molecular weight is 364 g/mol. The highest BCUT2D eigenvalue weighted by Gasteiger charge is 2.34. The number of aromatic nitrogens is 2. The maximum atomic E-state index is 13.0. The third kappa shape index (κ3) is 3.42. The van der Waals surface area contributed by atoms with Crippen molar-refractivity contribution in [3.05, 3.63) is 30.7 Å². The summed E-state index contributed by atoms with van der Waals surface area (Å²) in [6.07, 6.45) is 4.34. The first-order valence-corrected chi connectivity index (χ1v) is 9.49. The van der Waals surface area contributed by atoms with Crippen LogP contribution in [0.15, 0.2) is 40.1 Å². The number of amides is 1. The molecule has 2 aromatic rings. The lowest BCUT2D eigenvalue weighted by atomic mass is 10.2. The summed E-state index contributed by atoms with van der Waals surface area (Å²) in [5, 5.41) is 3.66. The Morgan fingerprint density at radius 3 is 2.40 bits per heavy atom. The Labute approximate surface area is 146 Å². The quantitative estimate of drug-likeness (QED) is 0.809. The molecule has 1 fully saturated rings. The van der Waals surface area contributed by atoms with Crippen LogP contribution >= 0.6 is 0 Å². The predicted molar refractivity (Wildman–Crippen MR) is 89.9 cm³/mol. The molecule has 25 heavy (non-hydrogen) atoms. The minimum Gasteiger partial charge on any atom is -0.355 e. The van der Waals surface area contributed by atoms with E-state index in [1.165, 1.54) is 10.5 Å². The molecule has 1 saturated heterocycles. The number of piperazine rings is 1. The Morgan fingerprint density at radius 1 is 1.16 bits per heavy atom. The summed E-state index contributed by atoms with van der Waals surface area (Å²) in [4.78, 5) is 17.7. The van der Waals surface area contributed by atoms with Crippen LogP contribution in [-0.4, -0.2) is 59.8 Å². The van der Waals surface area contributed by atoms with Gasteiger partial charge in [0.05, 0.1) is 6.20 Å². The Hall–Kier alpha value is -2.26. The van der Waals surface area contributed by atoms with Crippen molar-refractivity contribution in [2.75, 3.05) is 26.2 Å². The van der Waals surface area contributed by atoms with Gasteiger partial charge < -0.3 is 9.42 Å². The van der Waals surface area contributed by atoms with E-state index in [1.54, 1.807) is 29.4 Å². The van der Waals surface area contributed by atoms with Crippen LogP contribution in [0.3, 0.4) is 0 Å². The van der Waals surface area contributed by atoms with E-state index >= 15 is 0 Å². The van der Waals surface area contributed by atoms with Gasteiger partial charge in [-0.1, -0.05) is 19.0 Å². The molecule has 0 radical (unpaired) electrons. The molecule has 0 spiro atoms. The fourth-order valence-electron chi connectivity index (χ4n) is 2.77. The Bertz CT molecular complexity index is 840. The summed E-state index contributed by atoms with van der Waals surface area (Å²) < 4.78 is 32.5. The highest BCUT2D eigenvalue weighted by Crippen LogP contribution is 2.29. The predicted octanol–water partition coefficient (Wildman–Crippen LogP) is 1.23. The standard InChI is InChI=1S/C16H20N4O4S/c1-12(2)16(21)19-7-9-20(10-8-19)25(22,23)14-11-18-24-15(14)13-3-5-17-6-4-13/h3-6,11-12H,7-10H2,1-2H3. The third-order valence-corrected chi connectivity index (χ3v) is 6.03. The fraction of sp³-hybridized carbons (Fsp3) is 0.438. The number of pyridine rings is 1. The van der Waals surface area contributed by atoms with E-state index in [9.17, 15) is 13.2 Å². The number of nitrogens with zero attached hydrogens (tertiary/aromatic N) is 4. The largest absolute Gasteiger partial charge is 0.355 e. The van der Waals surface area contributed by atoms with Crippen molar-refractivity contribution in [3.63, 3.8) is 0 Å². The van der Waals surface area contributed by atoms with E-state index in [4.69, 9.17) is 4.52 Å². The summed E-state index contributed by atoms with van der Waals surface area (Å²) in [5.74, 6) is 0.141. The van der Waals surface area contributed by atoms with Crippen molar-refractivity contribution in [1.82, 2.24) is 19.3 Å². The van der Waals surface area contributed by atoms with Crippen molar-refractivity contribution in [3.8, 4) is 11.3 Å². The molecular formula is C16H20N4O4S. The van der Waals surface area contributed by atoms with E-state index in [1.807, 2.05) is 13.8 Å². The van der Waals surface area contributed by atoms with E-state index in [0.717, 1.165) is 0 Å². The van der Waals surface area contributed by atoms with Gasteiger partial charge in [-0.25, -0.2) is 8.42 Å². The summed E-state index contributed by atoms with van der Waals surface area (Å²) in [6, 6.07) is 3.33. The van der Waals surface area contributed by atoms with Gasteiger partial charge in [0.25, 0.3) is 0 Å². The molecule has 3 heterocycles. The zero-order valence-corrected chi connectivity index (χ0v) is 14.9. The van der Waals surface area contributed by atoms with Gasteiger partial charge in [0, 0.05) is 50.1 Å². The van der Waals surface area contributed by atoms with E-state index < -0.39 is 10.0 Å². The first-order valence-electron chi connectivity index (χ1n) is 8.05. The lowest BCUT2D eigenvalue weighted by Gasteiger charge is -2.34. The van der Waals surface area contributed by atoms with Crippen LogP contribution < -0.4 is 0 Å². The number of rotatable bonds is 4. The molecule has 1 amide bonds. The first-order chi connectivity index (χ1) is 11.9. The molecule has 2 aromatic heterocycles. The first kappa shape index (κ1) is 17.6. The van der Waals surface area contributed by atoms with Crippen molar-refractivity contribution in [2.24, 2.45) is 5.92 Å². The molecule has 0 bridgehead atoms. The van der Waals surface area contributed by atoms with Crippen LogP contribution in [0, 0.1) is 5.92 Å². The van der Waals surface area contributed by atoms with Crippen LogP contribution in [-0.2, 0) is 14.8 Å². The van der Waals surface area contributed by atoms with Crippen LogP contribution in [0.25, 0.3) is 11.3 Å². The van der Waals surface area contributed by atoms with Crippen LogP contribution in [0.4, 0.5) is 0 Å². The van der Waals surface area contributed by atoms with Gasteiger partial charge in [0.2, 0.25) is 15.9 Å². The minimum atomic E-state index is -3.75. The zero-order valence-electron chi connectivity index (χ0n) is 14.1. The normalized spacial score (nSPS) is 16.4. The van der Waals surface area contributed by atoms with Crippen LogP contribution in [0.2, 0.25) is 0 Å². The molecule has 0 unspecified atom stereocenters. The molecule has 9 heteroatoms. The molecule has 0 aliphatic carbocycles. The maximum Gasteiger partial charge on any atom is 0.248 e. The van der Waals surface area contributed by atoms with Crippen LogP contribution in [0.5, 0.6) is 0 Å². The van der Waals surface area contributed by atoms with Crippen molar-refractivity contribution < 1.29 is 17.7 Å². The minimum absolute atomic E-state index is 0.0299. The molecule has 134 valence electrons. The molecule has 0 aromatic carbocycles. The second kappa shape index (κ2) is 6.93. The lowest BCUT2D eigenvalue weighted by Crippen LogP contribution is -2.51. The molecule has 0 N–H and O–H groups in total. The number of sulfonamides is 1. The molecule has 8 nitrogen and oxygen atoms in total. The highest BCUT2D eigenvalue weighted by molar-refractivity contribution is 7.89. The van der Waals surface area contributed by atoms with Gasteiger partial charge in [-0.2, -0.15) is 4.31 Å². The molecule has 0 saturated carbocycles. The molecule has 1 aliphatic rings. The van der Waals surface area contributed by atoms with Crippen LogP contribution in [0.1, 0.15) is 13.8 Å². The van der Waals surface area contributed by atoms with Crippen molar-refractivity contribution >= 4 is 15.9 Å². The highest BCUT2D eigenvalue weighted by atomic mass is 32.2. The van der Waals surface area contributed by atoms with Crippen molar-refractivity contribution in [1.29, 1.82) is 0 Å². The fourth-order valence-corrected chi connectivity index (χ4v) is 4.25. The molecule has 3 rings (SSSR count). The lowest BCUT2D eigenvalue weighted by molar-refractivity contribution is -0.135. The second-order valence-electron chi connectivity index (χ2n) is 6.14. The van der Waals surface area contributed by atoms with Gasteiger partial charge in [-0.15, -0.1) is 0 Å². The Balaban J connectivity index is 1.81. The van der Waals surface area contributed by atoms with Gasteiger partial charge in [-0.05, 0) is 12.1 Å². The average Bonchev–Trinajstić information content (AvgIpc) is 3.12. The van der Waals surface area contributed by atoms with Gasteiger partial charge >= 0.3 is 0 Å². The summed E-state index contributed by atoms with van der Waals surface area (Å²) in [6.45, 7) is 4.94. The Kier molecular flexibility index (Phi) is 4.87. The molecule has 0 atom stereocenters. The summed E-state index contributed by atoms with van der Waals surface area (Å²) >= 11 is 0. The van der Waals surface area contributed by atoms with Crippen molar-refractivity contribution in [2.45, 2.75) is 18.7 Å². The number of carbonyl (C=O) groups is 1. The van der Waals surface area contributed by atoms with Gasteiger partial charge in [-0.3, -0.25) is 9.78 Å². The smallest absolute Gasteiger partial charge is 0.248 e. The third-order valence-electron chi connectivity index (χ3n) is 4.14. The summed E-state index contributed by atoms with van der Waals surface area (Å²) in [5.41, 5.74) is 0.597.